The average molecular weight is 264 g/mol. The molecule has 1 aromatic rings. The maximum Gasteiger partial charge on any atom is 0.260 e. The molecule has 0 radical (unpaired) electrons. The lowest BCUT2D eigenvalue weighted by molar-refractivity contribution is 0.0872. The van der Waals surface area contributed by atoms with E-state index in [0.29, 0.717) is 12.5 Å². The van der Waals surface area contributed by atoms with Crippen molar-refractivity contribution in [1.29, 1.82) is 0 Å². The zero-order valence-electron chi connectivity index (χ0n) is 11.1. The second-order valence-corrected chi connectivity index (χ2v) is 5.28. The molecule has 1 aliphatic rings. The van der Waals surface area contributed by atoms with E-state index in [4.69, 9.17) is 0 Å². The Morgan fingerprint density at radius 3 is 2.95 bits per heavy atom. The van der Waals surface area contributed by atoms with Crippen LogP contribution in [0.3, 0.4) is 0 Å². The number of aliphatic hydroxyl groups is 1. The third-order valence-corrected chi connectivity index (χ3v) is 3.61. The number of nitrogens with one attached hydrogen (secondary N) is 2. The first-order valence-corrected chi connectivity index (χ1v) is 6.72. The Morgan fingerprint density at radius 2 is 2.26 bits per heavy atom. The molecule has 0 aliphatic heterocycles. The van der Waals surface area contributed by atoms with E-state index in [2.05, 4.69) is 10.3 Å². The van der Waals surface area contributed by atoms with Gasteiger partial charge in [0.25, 0.3) is 11.5 Å². The normalized spacial score (nSPS) is 23.1. The van der Waals surface area contributed by atoms with Crippen molar-refractivity contribution >= 4 is 5.91 Å². The number of aromatic nitrogens is 1. The van der Waals surface area contributed by atoms with Gasteiger partial charge in [0.1, 0.15) is 5.56 Å². The van der Waals surface area contributed by atoms with Gasteiger partial charge < -0.3 is 15.4 Å². The molecule has 1 amide bonds. The topological polar surface area (TPSA) is 82.2 Å². The number of aliphatic hydroxyl groups excluding tert-OH is 1. The fraction of sp³-hybridized carbons (Fsp3) is 0.571. The highest BCUT2D eigenvalue weighted by atomic mass is 16.3. The van der Waals surface area contributed by atoms with Crippen molar-refractivity contribution in [3.8, 4) is 0 Å². The minimum Gasteiger partial charge on any atom is -0.393 e. The molecule has 5 heteroatoms. The molecular formula is C14H20N2O3. The van der Waals surface area contributed by atoms with Crippen molar-refractivity contribution in [2.45, 2.75) is 38.7 Å². The van der Waals surface area contributed by atoms with Crippen LogP contribution in [0.2, 0.25) is 0 Å². The van der Waals surface area contributed by atoms with E-state index in [9.17, 15) is 14.7 Å². The Labute approximate surface area is 112 Å². The summed E-state index contributed by atoms with van der Waals surface area (Å²) in [7, 11) is 0. The van der Waals surface area contributed by atoms with Gasteiger partial charge >= 0.3 is 0 Å². The molecule has 1 aromatic heterocycles. The minimum atomic E-state index is -0.360. The van der Waals surface area contributed by atoms with E-state index in [0.717, 1.165) is 31.4 Å². The van der Waals surface area contributed by atoms with Crippen LogP contribution in [0.5, 0.6) is 0 Å². The number of carbonyl (C=O) groups excluding carboxylic acids is 1. The Kier molecular flexibility index (Phi) is 4.37. The van der Waals surface area contributed by atoms with Gasteiger partial charge in [-0.25, -0.2) is 0 Å². The summed E-state index contributed by atoms with van der Waals surface area (Å²) in [5.74, 6) is -0.0430. The molecule has 1 heterocycles. The van der Waals surface area contributed by atoms with Gasteiger partial charge in [-0.2, -0.15) is 0 Å². The number of rotatable bonds is 3. The summed E-state index contributed by atoms with van der Waals surface area (Å²) >= 11 is 0. The number of hydrogen-bond donors (Lipinski definition) is 3. The van der Waals surface area contributed by atoms with E-state index in [1.165, 1.54) is 0 Å². The van der Waals surface area contributed by atoms with Crippen molar-refractivity contribution in [1.82, 2.24) is 10.3 Å². The summed E-state index contributed by atoms with van der Waals surface area (Å²) in [5, 5.41) is 12.3. The Hall–Kier alpha value is -1.62. The molecule has 5 nitrogen and oxygen atoms in total. The van der Waals surface area contributed by atoms with Gasteiger partial charge in [0.05, 0.1) is 6.10 Å². The van der Waals surface area contributed by atoms with Gasteiger partial charge in [-0.15, -0.1) is 0 Å². The van der Waals surface area contributed by atoms with E-state index in [-0.39, 0.29) is 23.1 Å². The molecule has 0 saturated heterocycles. The van der Waals surface area contributed by atoms with E-state index >= 15 is 0 Å². The van der Waals surface area contributed by atoms with Crippen LogP contribution in [0.4, 0.5) is 0 Å². The van der Waals surface area contributed by atoms with Crippen molar-refractivity contribution in [3.63, 3.8) is 0 Å². The number of carbonyl (C=O) groups is 1. The molecule has 1 saturated carbocycles. The van der Waals surface area contributed by atoms with Crippen LogP contribution < -0.4 is 10.9 Å². The standard InChI is InChI=1S/C14H20N2O3/c1-9-5-6-12(14(19)16-9)13(18)15-8-10-3-2-4-11(17)7-10/h5-6,10-11,17H,2-4,7-8H2,1H3,(H,15,18)(H,16,19). The fourth-order valence-electron chi connectivity index (χ4n) is 2.53. The SMILES string of the molecule is Cc1ccc(C(=O)NCC2CCCC(O)C2)c(=O)[nH]1. The Balaban J connectivity index is 1.92. The molecular weight excluding hydrogens is 244 g/mol. The number of aryl methyl sites for hydroxylation is 1. The van der Waals surface area contributed by atoms with Gasteiger partial charge in [0.15, 0.2) is 0 Å². The van der Waals surface area contributed by atoms with Crippen molar-refractivity contribution in [3.05, 3.63) is 33.7 Å². The number of pyridine rings is 1. The third-order valence-electron chi connectivity index (χ3n) is 3.61. The monoisotopic (exact) mass is 264 g/mol. The van der Waals surface area contributed by atoms with Crippen LogP contribution >= 0.6 is 0 Å². The maximum atomic E-state index is 11.9. The minimum absolute atomic E-state index is 0.141. The van der Waals surface area contributed by atoms with E-state index in [1.807, 2.05) is 0 Å². The quantitative estimate of drug-likeness (QED) is 0.760. The summed E-state index contributed by atoms with van der Waals surface area (Å²) in [6.07, 6.45) is 3.33. The molecule has 0 spiro atoms. The van der Waals surface area contributed by atoms with Gasteiger partial charge in [-0.1, -0.05) is 6.42 Å². The summed E-state index contributed by atoms with van der Waals surface area (Å²) < 4.78 is 0. The highest BCUT2D eigenvalue weighted by Crippen LogP contribution is 2.23. The molecule has 1 fully saturated rings. The summed E-state index contributed by atoms with van der Waals surface area (Å²) in [4.78, 5) is 26.1. The maximum absolute atomic E-state index is 11.9. The smallest absolute Gasteiger partial charge is 0.260 e. The second kappa shape index (κ2) is 6.02. The van der Waals surface area contributed by atoms with Gasteiger partial charge in [-0.05, 0) is 44.2 Å². The Bertz CT molecular complexity index is 510. The summed E-state index contributed by atoms with van der Waals surface area (Å²) in [6.45, 7) is 2.29. The van der Waals surface area contributed by atoms with Crippen molar-refractivity contribution in [2.24, 2.45) is 5.92 Å². The molecule has 3 N–H and O–H groups in total. The number of H-pyrrole nitrogens is 1. The highest BCUT2D eigenvalue weighted by molar-refractivity contribution is 5.93. The average Bonchev–Trinajstić information content (AvgIpc) is 2.36. The van der Waals surface area contributed by atoms with Crippen LogP contribution in [0, 0.1) is 12.8 Å². The number of aromatic amines is 1. The number of amides is 1. The lowest BCUT2D eigenvalue weighted by atomic mass is 9.87. The largest absolute Gasteiger partial charge is 0.393 e. The lowest BCUT2D eigenvalue weighted by Gasteiger charge is -2.25. The zero-order chi connectivity index (χ0) is 13.8. The van der Waals surface area contributed by atoms with Crippen LogP contribution in [0.1, 0.15) is 41.7 Å². The molecule has 19 heavy (non-hydrogen) atoms. The number of hydrogen-bond acceptors (Lipinski definition) is 3. The molecule has 2 atom stereocenters. The van der Waals surface area contributed by atoms with E-state index in [1.54, 1.807) is 19.1 Å². The first-order chi connectivity index (χ1) is 9.06. The molecule has 0 aromatic carbocycles. The van der Waals surface area contributed by atoms with Crippen LogP contribution in [0.25, 0.3) is 0 Å². The summed E-state index contributed by atoms with van der Waals surface area (Å²) in [5.41, 5.74) is 0.514. The van der Waals surface area contributed by atoms with Gasteiger partial charge in [0.2, 0.25) is 0 Å². The van der Waals surface area contributed by atoms with Crippen LogP contribution in [-0.2, 0) is 0 Å². The predicted octanol–water partition coefficient (Wildman–Crippen LogP) is 0.964. The highest BCUT2D eigenvalue weighted by Gasteiger charge is 2.21. The molecule has 1 aliphatic carbocycles. The van der Waals surface area contributed by atoms with Gasteiger partial charge in [0, 0.05) is 12.2 Å². The molecule has 0 bridgehead atoms. The van der Waals surface area contributed by atoms with Crippen LogP contribution in [0.15, 0.2) is 16.9 Å². The van der Waals surface area contributed by atoms with Crippen molar-refractivity contribution < 1.29 is 9.90 Å². The molecule has 2 unspecified atom stereocenters. The third kappa shape index (κ3) is 3.67. The lowest BCUT2D eigenvalue weighted by Crippen LogP contribution is -2.35. The van der Waals surface area contributed by atoms with Crippen LogP contribution in [-0.4, -0.2) is 28.6 Å². The first kappa shape index (κ1) is 13.8. The van der Waals surface area contributed by atoms with Gasteiger partial charge in [-0.3, -0.25) is 9.59 Å². The summed E-state index contributed by atoms with van der Waals surface area (Å²) in [6, 6.07) is 3.25. The van der Waals surface area contributed by atoms with E-state index < -0.39 is 0 Å². The zero-order valence-corrected chi connectivity index (χ0v) is 11.1. The second-order valence-electron chi connectivity index (χ2n) is 5.28. The Morgan fingerprint density at radius 1 is 1.47 bits per heavy atom. The molecule has 2 rings (SSSR count). The first-order valence-electron chi connectivity index (χ1n) is 6.72. The predicted molar refractivity (Wildman–Crippen MR) is 72.1 cm³/mol. The van der Waals surface area contributed by atoms with Crippen molar-refractivity contribution in [2.75, 3.05) is 6.54 Å². The molecule has 104 valence electrons. The fourth-order valence-corrected chi connectivity index (χ4v) is 2.53.